The lowest BCUT2D eigenvalue weighted by Gasteiger charge is -2.16. The molecule has 0 fully saturated rings. The number of carboxylic acid groups (broad SMARTS) is 4. The van der Waals surface area contributed by atoms with Crippen LogP contribution in [0.25, 0.3) is 0 Å². The summed E-state index contributed by atoms with van der Waals surface area (Å²) in [6.45, 7) is 0.584. The molecule has 382 valence electrons. The number of nitrogens with one attached hydrogen (secondary N) is 5. The average molecular weight is 970 g/mol. The summed E-state index contributed by atoms with van der Waals surface area (Å²) in [5.41, 5.74) is 0.202. The van der Waals surface area contributed by atoms with Gasteiger partial charge in [0.2, 0.25) is 29.5 Å². The molecular weight excluding hydrogens is 902 g/mol. The number of amides is 5. The first-order valence-corrected chi connectivity index (χ1v) is 22.4. The highest BCUT2D eigenvalue weighted by Gasteiger charge is 2.24. The summed E-state index contributed by atoms with van der Waals surface area (Å²) in [6.07, 6.45) is 5.75. The molecule has 0 heterocycles. The van der Waals surface area contributed by atoms with Crippen molar-refractivity contribution in [3.8, 4) is 5.75 Å². The highest BCUT2D eigenvalue weighted by molar-refractivity contribution is 5.88. The predicted octanol–water partition coefficient (Wildman–Crippen LogP) is 0.431. The fourth-order valence-electron chi connectivity index (χ4n) is 5.92. The van der Waals surface area contributed by atoms with E-state index in [4.69, 9.17) is 33.9 Å². The predicted molar refractivity (Wildman–Crippen MR) is 238 cm³/mol. The molecular formula is C44H67N5O19. The molecule has 5 amide bonds. The molecule has 3 unspecified atom stereocenters. The zero-order valence-corrected chi connectivity index (χ0v) is 38.2. The van der Waals surface area contributed by atoms with Gasteiger partial charge in [-0.15, -0.1) is 0 Å². The smallest absolute Gasteiger partial charge is 0.335 e. The number of hydrogen-bond acceptors (Lipinski definition) is 15. The topological polar surface area (TPSA) is 358 Å². The summed E-state index contributed by atoms with van der Waals surface area (Å²) in [6, 6.07) is 2.30. The van der Waals surface area contributed by atoms with E-state index in [1.807, 2.05) is 0 Å². The molecule has 1 aromatic carbocycles. The maximum Gasteiger partial charge on any atom is 0.335 e. The number of carbonyl (C=O) groups excluding carboxylic acids is 6. The van der Waals surface area contributed by atoms with E-state index in [0.717, 1.165) is 38.5 Å². The van der Waals surface area contributed by atoms with Crippen molar-refractivity contribution < 1.29 is 92.1 Å². The number of unbranched alkanes of at least 4 members (excludes halogenated alkanes) is 6. The normalized spacial score (nSPS) is 12.1. The number of hydrogen-bond donors (Lipinski definition) is 9. The second kappa shape index (κ2) is 37.8. The molecule has 24 heteroatoms. The largest absolute Gasteiger partial charge is 0.494 e. The second-order valence-corrected chi connectivity index (χ2v) is 15.1. The van der Waals surface area contributed by atoms with Gasteiger partial charge in [0.05, 0.1) is 51.8 Å². The summed E-state index contributed by atoms with van der Waals surface area (Å²) < 4.78 is 26.7. The minimum atomic E-state index is -1.44. The van der Waals surface area contributed by atoms with Crippen molar-refractivity contribution in [2.24, 2.45) is 0 Å². The molecule has 1 aromatic rings. The maximum atomic E-state index is 12.3. The first-order chi connectivity index (χ1) is 32.6. The summed E-state index contributed by atoms with van der Waals surface area (Å²) in [5.74, 6) is -7.09. The zero-order valence-electron chi connectivity index (χ0n) is 38.2. The van der Waals surface area contributed by atoms with Gasteiger partial charge in [-0.25, -0.2) is 19.2 Å². The van der Waals surface area contributed by atoms with Crippen LogP contribution in [-0.2, 0) is 62.1 Å². The van der Waals surface area contributed by atoms with Crippen LogP contribution in [0.3, 0.4) is 0 Å². The number of aromatic carboxylic acids is 1. The quantitative estimate of drug-likeness (QED) is 0.0316. The number of ether oxygens (including phenoxy) is 5. The maximum absolute atomic E-state index is 12.3. The molecule has 0 saturated carbocycles. The molecule has 0 spiro atoms. The van der Waals surface area contributed by atoms with Gasteiger partial charge in [-0.3, -0.25) is 24.0 Å². The SMILES string of the molecule is O=CCCC(NC(=O)CCC(NC(=O)COCCOCCNC(=O)COCCOCCNC(=O)CCC(NC(=O)CCCCCCCCCOc1ccc(C(=O)O)cc1)C(=O)O)C(=O)O)C(=O)O. The molecule has 0 aromatic heterocycles. The summed E-state index contributed by atoms with van der Waals surface area (Å²) in [5, 5.41) is 49.0. The van der Waals surface area contributed by atoms with E-state index >= 15 is 0 Å². The van der Waals surface area contributed by atoms with Crippen LogP contribution in [0.15, 0.2) is 24.3 Å². The minimum absolute atomic E-state index is 0.0290. The Morgan fingerprint density at radius 3 is 1.44 bits per heavy atom. The molecule has 3 atom stereocenters. The molecule has 68 heavy (non-hydrogen) atoms. The van der Waals surface area contributed by atoms with Gasteiger partial charge < -0.3 is 75.5 Å². The molecule has 9 N–H and O–H groups in total. The summed E-state index contributed by atoms with van der Waals surface area (Å²) >= 11 is 0. The van der Waals surface area contributed by atoms with Gasteiger partial charge in [0.1, 0.15) is 43.4 Å². The Morgan fingerprint density at radius 1 is 0.471 bits per heavy atom. The monoisotopic (exact) mass is 969 g/mol. The Hall–Kier alpha value is -6.24. The Labute approximate surface area is 393 Å². The first-order valence-electron chi connectivity index (χ1n) is 22.4. The second-order valence-electron chi connectivity index (χ2n) is 15.1. The van der Waals surface area contributed by atoms with Crippen LogP contribution in [0.1, 0.15) is 100 Å². The first kappa shape index (κ1) is 59.8. The number of aliphatic carboxylic acids is 3. The number of benzene rings is 1. The number of carbonyl (C=O) groups is 10. The molecule has 24 nitrogen and oxygen atoms in total. The molecule has 0 bridgehead atoms. The van der Waals surface area contributed by atoms with E-state index in [0.29, 0.717) is 25.1 Å². The summed E-state index contributed by atoms with van der Waals surface area (Å²) in [4.78, 5) is 116. The van der Waals surface area contributed by atoms with E-state index in [2.05, 4.69) is 26.6 Å². The number of aldehydes is 1. The van der Waals surface area contributed by atoms with E-state index in [1.165, 1.54) is 12.1 Å². The van der Waals surface area contributed by atoms with Crippen molar-refractivity contribution >= 4 is 59.7 Å². The van der Waals surface area contributed by atoms with Crippen molar-refractivity contribution in [1.29, 1.82) is 0 Å². The Balaban J connectivity index is 2.01. The van der Waals surface area contributed by atoms with Gasteiger partial charge in [0.15, 0.2) is 0 Å². The van der Waals surface area contributed by atoms with Crippen molar-refractivity contribution in [2.45, 2.75) is 108 Å². The van der Waals surface area contributed by atoms with Gasteiger partial charge in [-0.05, 0) is 56.4 Å². The van der Waals surface area contributed by atoms with Gasteiger partial charge in [-0.2, -0.15) is 0 Å². The number of carboxylic acids is 4. The van der Waals surface area contributed by atoms with Crippen LogP contribution in [-0.4, -0.2) is 171 Å². The van der Waals surface area contributed by atoms with Crippen LogP contribution in [0.4, 0.5) is 0 Å². The lowest BCUT2D eigenvalue weighted by Crippen LogP contribution is -2.44. The Kier molecular flexibility index (Phi) is 33.2. The van der Waals surface area contributed by atoms with Gasteiger partial charge in [0.25, 0.3) is 0 Å². The fraction of sp³-hybridized carbons (Fsp3) is 0.636. The van der Waals surface area contributed by atoms with E-state index < -0.39 is 84.6 Å². The molecule has 0 aliphatic heterocycles. The van der Waals surface area contributed by atoms with E-state index in [-0.39, 0.29) is 103 Å². The molecule has 0 aliphatic carbocycles. The number of rotatable bonds is 43. The van der Waals surface area contributed by atoms with Crippen LogP contribution < -0.4 is 31.3 Å². The van der Waals surface area contributed by atoms with Gasteiger partial charge in [-0.1, -0.05) is 32.1 Å². The zero-order chi connectivity index (χ0) is 50.4. The van der Waals surface area contributed by atoms with E-state index in [9.17, 15) is 58.2 Å². The lowest BCUT2D eigenvalue weighted by atomic mass is 10.1. The highest BCUT2D eigenvalue weighted by atomic mass is 16.5. The third kappa shape index (κ3) is 31.6. The van der Waals surface area contributed by atoms with Crippen LogP contribution in [0.2, 0.25) is 0 Å². The Bertz CT molecular complexity index is 1710. The highest BCUT2D eigenvalue weighted by Crippen LogP contribution is 2.14. The van der Waals surface area contributed by atoms with Gasteiger partial charge >= 0.3 is 23.9 Å². The Morgan fingerprint density at radius 2 is 0.912 bits per heavy atom. The van der Waals surface area contributed by atoms with Crippen molar-refractivity contribution in [3.05, 3.63) is 29.8 Å². The van der Waals surface area contributed by atoms with Gasteiger partial charge in [0, 0.05) is 38.8 Å². The minimum Gasteiger partial charge on any atom is -0.494 e. The average Bonchev–Trinajstić information content (AvgIpc) is 3.29. The van der Waals surface area contributed by atoms with Crippen LogP contribution in [0, 0.1) is 0 Å². The van der Waals surface area contributed by atoms with E-state index in [1.54, 1.807) is 12.1 Å². The van der Waals surface area contributed by atoms with Crippen molar-refractivity contribution in [2.75, 3.05) is 72.6 Å². The van der Waals surface area contributed by atoms with Crippen molar-refractivity contribution in [3.63, 3.8) is 0 Å². The summed E-state index contributed by atoms with van der Waals surface area (Å²) in [7, 11) is 0. The third-order valence-electron chi connectivity index (χ3n) is 9.56. The molecule has 0 radical (unpaired) electrons. The molecule has 1 rings (SSSR count). The van der Waals surface area contributed by atoms with Crippen molar-refractivity contribution in [1.82, 2.24) is 26.6 Å². The van der Waals surface area contributed by atoms with Crippen LogP contribution in [0.5, 0.6) is 5.75 Å². The standard InChI is InChI=1S/C44H67N5O19/c50-21-8-9-33(42(58)59)47-38(53)18-16-35(44(62)63)49-40(55)30-67-28-26-65-24-20-46-39(54)29-66-27-25-64-23-19-45-36(51)17-15-34(43(60)61)48-37(52)10-6-4-2-1-3-5-7-22-68-32-13-11-31(12-14-32)41(56)57/h11-14,21,33-35H,1-10,15-20,22-30H2,(H,45,51)(H,46,54)(H,47,53)(H,48,52)(H,49,55)(H,56,57)(H,58,59)(H,60,61)(H,62,63). The lowest BCUT2D eigenvalue weighted by molar-refractivity contribution is -0.144. The third-order valence-corrected chi connectivity index (χ3v) is 9.56. The fourth-order valence-corrected chi connectivity index (χ4v) is 5.92. The van der Waals surface area contributed by atoms with Crippen LogP contribution >= 0.6 is 0 Å². The molecule has 0 aliphatic rings. The molecule has 0 saturated heterocycles.